The Balaban J connectivity index is 2.63. The molecule has 0 heterocycles. The van der Waals surface area contributed by atoms with E-state index in [4.69, 9.17) is 9.47 Å². The molecule has 28 heavy (non-hydrogen) atoms. The summed E-state index contributed by atoms with van der Waals surface area (Å²) < 4.78 is 10.5. The first-order valence-electron chi connectivity index (χ1n) is 9.39. The third-order valence-corrected chi connectivity index (χ3v) is 3.33. The van der Waals surface area contributed by atoms with E-state index >= 15 is 0 Å². The normalized spacial score (nSPS) is 12.6. The molecule has 0 saturated carbocycles. The van der Waals surface area contributed by atoms with Crippen LogP contribution in [0.4, 0.5) is 4.79 Å². The van der Waals surface area contributed by atoms with E-state index in [2.05, 4.69) is 10.6 Å². The highest BCUT2D eigenvalue weighted by Crippen LogP contribution is 2.12. The van der Waals surface area contributed by atoms with Crippen molar-refractivity contribution in [1.82, 2.24) is 10.6 Å². The van der Waals surface area contributed by atoms with E-state index in [1.165, 1.54) is 0 Å². The van der Waals surface area contributed by atoms with Crippen molar-refractivity contribution < 1.29 is 23.9 Å². The molecule has 1 aromatic rings. The fraction of sp³-hybridized carbons (Fsp3) is 0.571. The summed E-state index contributed by atoms with van der Waals surface area (Å²) in [7, 11) is 0. The molecule has 156 valence electrons. The van der Waals surface area contributed by atoms with Gasteiger partial charge in [-0.2, -0.15) is 0 Å². The smallest absolute Gasteiger partial charge is 0.407 e. The SMILES string of the molecule is CC(C)(C)OC(=O)NCCC(=O)N[C@H](Cc1ccccc1)C(=O)OC(C)(C)C. The molecular weight excluding hydrogens is 360 g/mol. The molecule has 1 rings (SSSR count). The lowest BCUT2D eigenvalue weighted by Gasteiger charge is -2.25. The Labute approximate surface area is 167 Å². The van der Waals surface area contributed by atoms with Crippen molar-refractivity contribution in [3.05, 3.63) is 35.9 Å². The third kappa shape index (κ3) is 10.5. The number of hydrogen-bond acceptors (Lipinski definition) is 5. The first-order valence-corrected chi connectivity index (χ1v) is 9.39. The van der Waals surface area contributed by atoms with Gasteiger partial charge < -0.3 is 20.1 Å². The zero-order valence-corrected chi connectivity index (χ0v) is 17.6. The average Bonchev–Trinajstić information content (AvgIpc) is 2.52. The second-order valence-electron chi connectivity index (χ2n) is 8.52. The van der Waals surface area contributed by atoms with E-state index in [1.54, 1.807) is 41.5 Å². The monoisotopic (exact) mass is 392 g/mol. The molecule has 0 unspecified atom stereocenters. The Hall–Kier alpha value is -2.57. The van der Waals surface area contributed by atoms with E-state index in [9.17, 15) is 14.4 Å². The summed E-state index contributed by atoms with van der Waals surface area (Å²) in [6, 6.07) is 8.58. The summed E-state index contributed by atoms with van der Waals surface area (Å²) in [6.45, 7) is 10.7. The fourth-order valence-electron chi connectivity index (χ4n) is 2.27. The van der Waals surface area contributed by atoms with Gasteiger partial charge in [-0.15, -0.1) is 0 Å². The summed E-state index contributed by atoms with van der Waals surface area (Å²) in [4.78, 5) is 36.4. The van der Waals surface area contributed by atoms with Gasteiger partial charge in [-0.05, 0) is 47.1 Å². The van der Waals surface area contributed by atoms with Gasteiger partial charge in [0.15, 0.2) is 0 Å². The van der Waals surface area contributed by atoms with Crippen molar-refractivity contribution in [2.24, 2.45) is 0 Å². The van der Waals surface area contributed by atoms with Crippen LogP contribution in [0, 0.1) is 0 Å². The molecular formula is C21H32N2O5. The first kappa shape index (κ1) is 23.5. The Morgan fingerprint density at radius 1 is 0.929 bits per heavy atom. The maximum atomic E-state index is 12.5. The van der Waals surface area contributed by atoms with E-state index in [-0.39, 0.29) is 18.9 Å². The number of esters is 1. The van der Waals surface area contributed by atoms with Crippen LogP contribution in [0.15, 0.2) is 30.3 Å². The van der Waals surface area contributed by atoms with Crippen LogP contribution in [0.2, 0.25) is 0 Å². The fourth-order valence-corrected chi connectivity index (χ4v) is 2.27. The minimum absolute atomic E-state index is 0.0212. The van der Waals surface area contributed by atoms with Crippen LogP contribution in [0.1, 0.15) is 53.5 Å². The summed E-state index contributed by atoms with van der Waals surface area (Å²) in [5.41, 5.74) is -0.357. The molecule has 1 aromatic carbocycles. The number of benzene rings is 1. The highest BCUT2D eigenvalue weighted by atomic mass is 16.6. The molecule has 7 heteroatoms. The van der Waals surface area contributed by atoms with Crippen LogP contribution in [-0.2, 0) is 25.5 Å². The molecule has 0 bridgehead atoms. The predicted molar refractivity (Wildman–Crippen MR) is 107 cm³/mol. The van der Waals surface area contributed by atoms with E-state index in [0.29, 0.717) is 6.42 Å². The van der Waals surface area contributed by atoms with Crippen LogP contribution in [0.25, 0.3) is 0 Å². The number of nitrogens with one attached hydrogen (secondary N) is 2. The van der Waals surface area contributed by atoms with Crippen LogP contribution >= 0.6 is 0 Å². The van der Waals surface area contributed by atoms with Gasteiger partial charge in [-0.25, -0.2) is 9.59 Å². The van der Waals surface area contributed by atoms with Crippen LogP contribution in [0.3, 0.4) is 0 Å². The molecule has 0 fully saturated rings. The Kier molecular flexibility index (Phi) is 8.47. The maximum absolute atomic E-state index is 12.5. The molecule has 2 N–H and O–H groups in total. The first-order chi connectivity index (χ1) is 12.9. The van der Waals surface area contributed by atoms with Gasteiger partial charge in [0.25, 0.3) is 0 Å². The number of rotatable bonds is 7. The van der Waals surface area contributed by atoms with Gasteiger partial charge in [0.2, 0.25) is 5.91 Å². The minimum Gasteiger partial charge on any atom is -0.458 e. The van der Waals surface area contributed by atoms with Gasteiger partial charge >= 0.3 is 12.1 Å². The van der Waals surface area contributed by atoms with Crippen molar-refractivity contribution in [3.8, 4) is 0 Å². The molecule has 0 saturated heterocycles. The quantitative estimate of drug-likeness (QED) is 0.696. The number of amides is 2. The summed E-state index contributed by atoms with van der Waals surface area (Å²) in [6.07, 6.45) is -0.248. The summed E-state index contributed by atoms with van der Waals surface area (Å²) >= 11 is 0. The minimum atomic E-state index is -0.810. The van der Waals surface area contributed by atoms with Crippen LogP contribution < -0.4 is 10.6 Å². The van der Waals surface area contributed by atoms with Crippen molar-refractivity contribution in [1.29, 1.82) is 0 Å². The third-order valence-electron chi connectivity index (χ3n) is 3.33. The summed E-state index contributed by atoms with van der Waals surface area (Å²) in [5, 5.41) is 5.23. The molecule has 0 aliphatic rings. The maximum Gasteiger partial charge on any atom is 0.407 e. The lowest BCUT2D eigenvalue weighted by Crippen LogP contribution is -2.46. The zero-order valence-electron chi connectivity index (χ0n) is 17.6. The second-order valence-corrected chi connectivity index (χ2v) is 8.52. The zero-order chi connectivity index (χ0) is 21.4. The number of alkyl carbamates (subject to hydrolysis) is 1. The Morgan fingerprint density at radius 3 is 2.04 bits per heavy atom. The predicted octanol–water partition coefficient (Wildman–Crippen LogP) is 2.97. The van der Waals surface area contributed by atoms with Gasteiger partial charge in [0, 0.05) is 19.4 Å². The highest BCUT2D eigenvalue weighted by Gasteiger charge is 2.27. The molecule has 2 amide bonds. The highest BCUT2D eigenvalue weighted by molar-refractivity contribution is 5.85. The van der Waals surface area contributed by atoms with Crippen LogP contribution in [0.5, 0.6) is 0 Å². The van der Waals surface area contributed by atoms with Crippen molar-refractivity contribution in [2.45, 2.75) is 71.6 Å². The van der Waals surface area contributed by atoms with E-state index in [1.807, 2.05) is 30.3 Å². The van der Waals surface area contributed by atoms with Gasteiger partial charge in [-0.1, -0.05) is 30.3 Å². The average molecular weight is 392 g/mol. The lowest BCUT2D eigenvalue weighted by atomic mass is 10.1. The van der Waals surface area contributed by atoms with Gasteiger partial charge in [-0.3, -0.25) is 4.79 Å². The molecule has 1 atom stereocenters. The molecule has 0 aliphatic heterocycles. The lowest BCUT2D eigenvalue weighted by molar-refractivity contribution is -0.158. The van der Waals surface area contributed by atoms with Crippen LogP contribution in [-0.4, -0.2) is 41.8 Å². The Bertz CT molecular complexity index is 660. The molecule has 0 radical (unpaired) electrons. The second kappa shape index (κ2) is 10.1. The van der Waals surface area contributed by atoms with E-state index < -0.39 is 29.3 Å². The molecule has 7 nitrogen and oxygen atoms in total. The van der Waals surface area contributed by atoms with E-state index in [0.717, 1.165) is 5.56 Å². The summed E-state index contributed by atoms with van der Waals surface area (Å²) in [5.74, 6) is -0.854. The van der Waals surface area contributed by atoms with Gasteiger partial charge in [0.05, 0.1) is 0 Å². The number of ether oxygens (including phenoxy) is 2. The molecule has 0 spiro atoms. The standard InChI is InChI=1S/C21H32N2O5/c1-20(2,3)27-18(25)16(14-15-10-8-7-9-11-15)23-17(24)12-13-22-19(26)28-21(4,5)6/h7-11,16H,12-14H2,1-6H3,(H,22,26)(H,23,24)/t16-/m1/s1. The number of carbonyl (C=O) groups is 3. The van der Waals surface area contributed by atoms with Crippen molar-refractivity contribution in [3.63, 3.8) is 0 Å². The molecule has 0 aromatic heterocycles. The molecule has 0 aliphatic carbocycles. The topological polar surface area (TPSA) is 93.7 Å². The number of hydrogen-bond donors (Lipinski definition) is 2. The van der Waals surface area contributed by atoms with Crippen molar-refractivity contribution >= 4 is 18.0 Å². The Morgan fingerprint density at radius 2 is 1.50 bits per heavy atom. The largest absolute Gasteiger partial charge is 0.458 e. The van der Waals surface area contributed by atoms with Gasteiger partial charge in [0.1, 0.15) is 17.2 Å². The number of carbonyl (C=O) groups excluding carboxylic acids is 3. The van der Waals surface area contributed by atoms with Crippen molar-refractivity contribution in [2.75, 3.05) is 6.54 Å².